The van der Waals surface area contributed by atoms with E-state index in [-0.39, 0.29) is 18.6 Å². The van der Waals surface area contributed by atoms with E-state index in [1.807, 2.05) is 0 Å². The van der Waals surface area contributed by atoms with Crippen molar-refractivity contribution in [1.82, 2.24) is 10.2 Å². The van der Waals surface area contributed by atoms with Crippen LogP contribution in [0.1, 0.15) is 41.5 Å². The minimum absolute atomic E-state index is 0.0774. The lowest BCUT2D eigenvalue weighted by atomic mass is 9.83. The summed E-state index contributed by atoms with van der Waals surface area (Å²) in [4.78, 5) is 14.9. The van der Waals surface area contributed by atoms with Gasteiger partial charge in [0.15, 0.2) is 0 Å². The monoisotopic (exact) mass is 440 g/mol. The number of rotatable bonds is 6. The molecular weight excluding hydrogens is 410 g/mol. The third-order valence-electron chi connectivity index (χ3n) is 7.25. The second-order valence-corrected chi connectivity index (χ2v) is 9.53. The highest BCUT2D eigenvalue weighted by atomic mass is 19.1. The molecule has 4 nitrogen and oxygen atoms in total. The summed E-state index contributed by atoms with van der Waals surface area (Å²) >= 11 is 0. The molecule has 3 aliphatic rings. The molecule has 1 N–H and O–H groups in total. The molecule has 0 saturated carbocycles. The number of carbonyl (C=O) groups excluding carboxylic acids is 1. The van der Waals surface area contributed by atoms with Gasteiger partial charge in [-0.05, 0) is 72.5 Å². The lowest BCUT2D eigenvalue weighted by molar-refractivity contribution is -0.124. The van der Waals surface area contributed by atoms with Gasteiger partial charge in [-0.2, -0.15) is 0 Å². The fourth-order valence-corrected chi connectivity index (χ4v) is 5.67. The van der Waals surface area contributed by atoms with Crippen molar-refractivity contribution in [3.05, 3.63) is 70.3 Å². The second kappa shape index (κ2) is 9.28. The van der Waals surface area contributed by atoms with E-state index in [4.69, 9.17) is 4.74 Å². The van der Waals surface area contributed by atoms with Gasteiger partial charge in [-0.1, -0.05) is 18.2 Å². The summed E-state index contributed by atoms with van der Waals surface area (Å²) in [6.07, 6.45) is 4.95. The predicted octanol–water partition coefficient (Wildman–Crippen LogP) is 4.00. The molecule has 0 bridgehead atoms. The first kappa shape index (κ1) is 21.5. The summed E-state index contributed by atoms with van der Waals surface area (Å²) in [5.41, 5.74) is 4.85. The Kier molecular flexibility index (Phi) is 6.24. The number of likely N-dealkylation sites (tertiary alicyclic amines) is 1. The SMILES string of the molecule is O=C(C[C@@H]1OC[C@H]2CN(Cc3ccc4c(c3)CCC4)CC[C@H]21)NCc1cc(F)cc(F)c1. The minimum atomic E-state index is -0.636. The standard InChI is InChI=1S/C26H30F2N2O2/c27-22-9-18(10-23(28)11-22)13-29-26(31)12-25-24-6-7-30(15-21(24)16-32-25)14-17-4-5-19-2-1-3-20(19)8-17/h4-5,8-11,21,24-25H,1-3,6-7,12-16H2,(H,29,31)/t21-,24-,25+/m1/s1. The van der Waals surface area contributed by atoms with Crippen LogP contribution >= 0.6 is 0 Å². The molecule has 2 saturated heterocycles. The molecule has 3 atom stereocenters. The van der Waals surface area contributed by atoms with Crippen LogP contribution in [0.2, 0.25) is 0 Å². The van der Waals surface area contributed by atoms with Crippen LogP contribution in [0.3, 0.4) is 0 Å². The number of benzene rings is 2. The van der Waals surface area contributed by atoms with Crippen LogP contribution in [-0.2, 0) is 35.5 Å². The zero-order valence-electron chi connectivity index (χ0n) is 18.3. The normalized spacial score (nSPS) is 24.9. The van der Waals surface area contributed by atoms with Crippen LogP contribution in [0, 0.1) is 23.5 Å². The second-order valence-electron chi connectivity index (χ2n) is 9.53. The molecule has 0 radical (unpaired) electrons. The van der Waals surface area contributed by atoms with Crippen LogP contribution in [0.15, 0.2) is 36.4 Å². The molecule has 1 amide bonds. The van der Waals surface area contributed by atoms with Crippen LogP contribution in [0.25, 0.3) is 0 Å². The van der Waals surface area contributed by atoms with Crippen molar-refractivity contribution in [3.63, 3.8) is 0 Å². The third kappa shape index (κ3) is 4.86. The van der Waals surface area contributed by atoms with Gasteiger partial charge >= 0.3 is 0 Å². The van der Waals surface area contributed by atoms with Gasteiger partial charge in [0.2, 0.25) is 5.91 Å². The minimum Gasteiger partial charge on any atom is -0.377 e. The first-order valence-corrected chi connectivity index (χ1v) is 11.7. The smallest absolute Gasteiger partial charge is 0.222 e. The van der Waals surface area contributed by atoms with Crippen molar-refractivity contribution in [2.45, 2.75) is 51.3 Å². The Labute approximate surface area is 187 Å². The van der Waals surface area contributed by atoms with Crippen molar-refractivity contribution in [3.8, 4) is 0 Å². The molecule has 5 rings (SSSR count). The van der Waals surface area contributed by atoms with Gasteiger partial charge in [-0.25, -0.2) is 8.78 Å². The molecule has 2 aromatic carbocycles. The quantitative estimate of drug-likeness (QED) is 0.739. The maximum atomic E-state index is 13.3. The average Bonchev–Trinajstić information content (AvgIpc) is 3.38. The lowest BCUT2D eigenvalue weighted by Crippen LogP contribution is -2.41. The van der Waals surface area contributed by atoms with Crippen LogP contribution in [-0.4, -0.2) is 36.6 Å². The summed E-state index contributed by atoms with van der Waals surface area (Å²) in [6, 6.07) is 10.3. The van der Waals surface area contributed by atoms with E-state index in [1.165, 1.54) is 48.1 Å². The van der Waals surface area contributed by atoms with Crippen molar-refractivity contribution in [2.24, 2.45) is 11.8 Å². The fourth-order valence-electron chi connectivity index (χ4n) is 5.67. The van der Waals surface area contributed by atoms with E-state index in [2.05, 4.69) is 28.4 Å². The Balaban J connectivity index is 1.11. The number of fused-ring (bicyclic) bond motifs is 2. The Morgan fingerprint density at radius 1 is 1.06 bits per heavy atom. The Morgan fingerprint density at radius 2 is 1.88 bits per heavy atom. The van der Waals surface area contributed by atoms with Crippen molar-refractivity contribution < 1.29 is 18.3 Å². The maximum absolute atomic E-state index is 13.3. The first-order valence-electron chi connectivity index (χ1n) is 11.7. The molecule has 1 aliphatic carbocycles. The molecule has 2 aromatic rings. The van der Waals surface area contributed by atoms with Crippen molar-refractivity contribution in [2.75, 3.05) is 19.7 Å². The molecule has 170 valence electrons. The topological polar surface area (TPSA) is 41.6 Å². The summed E-state index contributed by atoms with van der Waals surface area (Å²) in [5.74, 6) is -0.566. The number of ether oxygens (including phenoxy) is 1. The number of nitrogens with zero attached hydrogens (tertiary/aromatic N) is 1. The highest BCUT2D eigenvalue weighted by Crippen LogP contribution is 2.36. The highest BCUT2D eigenvalue weighted by Gasteiger charge is 2.41. The number of piperidine rings is 1. The maximum Gasteiger partial charge on any atom is 0.222 e. The Hall–Kier alpha value is -2.31. The molecule has 0 aromatic heterocycles. The number of amides is 1. The van der Waals surface area contributed by atoms with Crippen LogP contribution < -0.4 is 5.32 Å². The average molecular weight is 441 g/mol. The van der Waals surface area contributed by atoms with Crippen molar-refractivity contribution in [1.29, 1.82) is 0 Å². The van der Waals surface area contributed by atoms with Gasteiger partial charge in [0.25, 0.3) is 0 Å². The first-order chi connectivity index (χ1) is 15.5. The number of hydrogen-bond donors (Lipinski definition) is 1. The third-order valence-corrected chi connectivity index (χ3v) is 7.25. The number of nitrogens with one attached hydrogen (secondary N) is 1. The largest absolute Gasteiger partial charge is 0.377 e. The molecule has 2 aliphatic heterocycles. The molecule has 32 heavy (non-hydrogen) atoms. The Bertz CT molecular complexity index is 976. The van der Waals surface area contributed by atoms with Gasteiger partial charge in [0.05, 0.1) is 19.1 Å². The fraction of sp³-hybridized carbons (Fsp3) is 0.500. The van der Waals surface area contributed by atoms with Gasteiger partial charge < -0.3 is 10.1 Å². The number of hydrogen-bond acceptors (Lipinski definition) is 3. The zero-order chi connectivity index (χ0) is 22.1. The Morgan fingerprint density at radius 3 is 2.72 bits per heavy atom. The van der Waals surface area contributed by atoms with Gasteiger partial charge in [-0.3, -0.25) is 9.69 Å². The van der Waals surface area contributed by atoms with E-state index in [0.29, 0.717) is 30.4 Å². The van der Waals surface area contributed by atoms with Gasteiger partial charge in [0.1, 0.15) is 11.6 Å². The van der Waals surface area contributed by atoms with Crippen molar-refractivity contribution >= 4 is 5.91 Å². The molecule has 0 unspecified atom stereocenters. The number of halogens is 2. The number of aryl methyl sites for hydroxylation is 2. The highest BCUT2D eigenvalue weighted by molar-refractivity contribution is 5.76. The van der Waals surface area contributed by atoms with E-state index in [0.717, 1.165) is 32.1 Å². The molecule has 2 fully saturated rings. The predicted molar refractivity (Wildman–Crippen MR) is 118 cm³/mol. The van der Waals surface area contributed by atoms with Gasteiger partial charge in [0, 0.05) is 31.6 Å². The van der Waals surface area contributed by atoms with E-state index < -0.39 is 11.6 Å². The van der Waals surface area contributed by atoms with E-state index in [9.17, 15) is 13.6 Å². The van der Waals surface area contributed by atoms with E-state index >= 15 is 0 Å². The summed E-state index contributed by atoms with van der Waals surface area (Å²) < 4.78 is 32.6. The van der Waals surface area contributed by atoms with Gasteiger partial charge in [-0.15, -0.1) is 0 Å². The molecule has 6 heteroatoms. The molecule has 2 heterocycles. The van der Waals surface area contributed by atoms with E-state index in [1.54, 1.807) is 0 Å². The lowest BCUT2D eigenvalue weighted by Gasteiger charge is -2.35. The zero-order valence-corrected chi connectivity index (χ0v) is 18.3. The molecule has 0 spiro atoms. The van der Waals surface area contributed by atoms with Crippen LogP contribution in [0.5, 0.6) is 0 Å². The summed E-state index contributed by atoms with van der Waals surface area (Å²) in [6.45, 7) is 3.80. The summed E-state index contributed by atoms with van der Waals surface area (Å²) in [7, 11) is 0. The number of carbonyl (C=O) groups is 1. The van der Waals surface area contributed by atoms with Crippen LogP contribution in [0.4, 0.5) is 8.78 Å². The molecular formula is C26H30F2N2O2. The summed E-state index contributed by atoms with van der Waals surface area (Å²) in [5, 5.41) is 2.77.